The number of aromatic nitrogens is 1. The lowest BCUT2D eigenvalue weighted by molar-refractivity contribution is 0.581. The predicted molar refractivity (Wildman–Crippen MR) is 79.3 cm³/mol. The van der Waals surface area contributed by atoms with E-state index < -0.39 is 10.0 Å². The van der Waals surface area contributed by atoms with Gasteiger partial charge in [-0.15, -0.1) is 0 Å². The number of halogens is 1. The highest BCUT2D eigenvalue weighted by Crippen LogP contribution is 2.19. The van der Waals surface area contributed by atoms with Crippen molar-refractivity contribution in [1.82, 2.24) is 9.71 Å². The van der Waals surface area contributed by atoms with Crippen molar-refractivity contribution >= 4 is 21.6 Å². The number of pyridine rings is 1. The van der Waals surface area contributed by atoms with Crippen LogP contribution >= 0.6 is 11.6 Å². The van der Waals surface area contributed by atoms with Crippen LogP contribution in [0.5, 0.6) is 0 Å². The highest BCUT2D eigenvalue weighted by Gasteiger charge is 2.16. The summed E-state index contributed by atoms with van der Waals surface area (Å²) in [5.41, 5.74) is 1.62. The van der Waals surface area contributed by atoms with Gasteiger partial charge < -0.3 is 0 Å². The van der Waals surface area contributed by atoms with Gasteiger partial charge in [0.1, 0.15) is 0 Å². The Morgan fingerprint density at radius 2 is 2.10 bits per heavy atom. The second-order valence-electron chi connectivity index (χ2n) is 4.42. The monoisotopic (exact) mass is 310 g/mol. The van der Waals surface area contributed by atoms with Crippen LogP contribution in [0.15, 0.2) is 47.6 Å². The molecule has 0 unspecified atom stereocenters. The fraction of sp³-hybridized carbons (Fsp3) is 0.214. The average Bonchev–Trinajstić information content (AvgIpc) is 2.39. The largest absolute Gasteiger partial charge is 0.264 e. The molecular weight excluding hydrogens is 296 g/mol. The van der Waals surface area contributed by atoms with Crippen LogP contribution < -0.4 is 4.72 Å². The maximum Gasteiger partial charge on any atom is 0.240 e. The van der Waals surface area contributed by atoms with Crippen LogP contribution in [0.25, 0.3) is 0 Å². The van der Waals surface area contributed by atoms with Crippen molar-refractivity contribution in [3.63, 3.8) is 0 Å². The molecule has 0 aliphatic carbocycles. The Morgan fingerprint density at radius 1 is 1.30 bits per heavy atom. The third-order valence-electron chi connectivity index (χ3n) is 2.86. The van der Waals surface area contributed by atoms with Crippen LogP contribution in [0.4, 0.5) is 0 Å². The van der Waals surface area contributed by atoms with Crippen molar-refractivity contribution < 1.29 is 8.42 Å². The summed E-state index contributed by atoms with van der Waals surface area (Å²) < 4.78 is 27.0. The van der Waals surface area contributed by atoms with Gasteiger partial charge in [-0.3, -0.25) is 4.98 Å². The van der Waals surface area contributed by atoms with E-state index in [0.717, 1.165) is 5.56 Å². The SMILES string of the molecule is Cc1cc(Cl)ccc1S(=O)(=O)NCCc1cccnc1. The van der Waals surface area contributed by atoms with Crippen LogP contribution in [0.3, 0.4) is 0 Å². The summed E-state index contributed by atoms with van der Waals surface area (Å²) in [7, 11) is -3.51. The molecule has 0 aliphatic heterocycles. The van der Waals surface area contributed by atoms with Gasteiger partial charge in [-0.05, 0) is 48.7 Å². The number of rotatable bonds is 5. The van der Waals surface area contributed by atoms with E-state index in [9.17, 15) is 8.42 Å². The average molecular weight is 311 g/mol. The number of nitrogens with zero attached hydrogens (tertiary/aromatic N) is 1. The summed E-state index contributed by atoms with van der Waals surface area (Å²) in [6, 6.07) is 8.47. The van der Waals surface area contributed by atoms with Gasteiger partial charge in [0.15, 0.2) is 0 Å². The molecule has 1 heterocycles. The summed E-state index contributed by atoms with van der Waals surface area (Å²) in [6.07, 6.45) is 4.01. The van der Waals surface area contributed by atoms with E-state index in [2.05, 4.69) is 9.71 Å². The van der Waals surface area contributed by atoms with Crippen LogP contribution in [0.1, 0.15) is 11.1 Å². The van der Waals surface area contributed by atoms with Gasteiger partial charge in [-0.1, -0.05) is 17.7 Å². The summed E-state index contributed by atoms with van der Waals surface area (Å²) in [6.45, 7) is 2.05. The molecule has 0 spiro atoms. The second kappa shape index (κ2) is 6.35. The van der Waals surface area contributed by atoms with Crippen molar-refractivity contribution in [2.24, 2.45) is 0 Å². The van der Waals surface area contributed by atoms with Crippen LogP contribution in [-0.4, -0.2) is 19.9 Å². The molecule has 0 fully saturated rings. The zero-order chi connectivity index (χ0) is 14.6. The topological polar surface area (TPSA) is 59.1 Å². The Bertz CT molecular complexity index is 688. The van der Waals surface area contributed by atoms with E-state index in [1.807, 2.05) is 12.1 Å². The smallest absolute Gasteiger partial charge is 0.240 e. The molecule has 6 heteroatoms. The molecule has 0 bridgehead atoms. The number of hydrogen-bond acceptors (Lipinski definition) is 3. The lowest BCUT2D eigenvalue weighted by Crippen LogP contribution is -2.26. The molecule has 1 aromatic heterocycles. The minimum absolute atomic E-state index is 0.257. The molecule has 0 amide bonds. The quantitative estimate of drug-likeness (QED) is 0.923. The highest BCUT2D eigenvalue weighted by molar-refractivity contribution is 7.89. The Labute approximate surface area is 123 Å². The molecule has 0 atom stereocenters. The first-order valence-electron chi connectivity index (χ1n) is 6.14. The first kappa shape index (κ1) is 15.0. The zero-order valence-corrected chi connectivity index (χ0v) is 12.6. The van der Waals surface area contributed by atoms with Gasteiger partial charge >= 0.3 is 0 Å². The molecule has 0 radical (unpaired) electrons. The lowest BCUT2D eigenvalue weighted by atomic mass is 10.2. The van der Waals surface area contributed by atoms with E-state index in [0.29, 0.717) is 23.6 Å². The molecule has 106 valence electrons. The van der Waals surface area contributed by atoms with Crippen molar-refractivity contribution in [3.05, 3.63) is 58.9 Å². The van der Waals surface area contributed by atoms with E-state index >= 15 is 0 Å². The molecular formula is C14H15ClN2O2S. The van der Waals surface area contributed by atoms with Gasteiger partial charge in [-0.25, -0.2) is 13.1 Å². The molecule has 2 rings (SSSR count). The minimum Gasteiger partial charge on any atom is -0.264 e. The second-order valence-corrected chi connectivity index (χ2v) is 6.59. The van der Waals surface area contributed by atoms with E-state index in [1.54, 1.807) is 31.5 Å². The molecule has 0 saturated carbocycles. The maximum absolute atomic E-state index is 12.2. The van der Waals surface area contributed by atoms with Crippen molar-refractivity contribution in [1.29, 1.82) is 0 Å². The lowest BCUT2D eigenvalue weighted by Gasteiger charge is -2.09. The molecule has 20 heavy (non-hydrogen) atoms. The normalized spacial score (nSPS) is 11.5. The molecule has 2 aromatic rings. The Morgan fingerprint density at radius 3 is 2.75 bits per heavy atom. The predicted octanol–water partition coefficient (Wildman–Crippen LogP) is 2.56. The number of benzene rings is 1. The van der Waals surface area contributed by atoms with Crippen LogP contribution in [0.2, 0.25) is 5.02 Å². The van der Waals surface area contributed by atoms with Crippen LogP contribution in [-0.2, 0) is 16.4 Å². The fourth-order valence-corrected chi connectivity index (χ4v) is 3.35. The van der Waals surface area contributed by atoms with Gasteiger partial charge in [0.25, 0.3) is 0 Å². The van der Waals surface area contributed by atoms with Gasteiger partial charge in [0.05, 0.1) is 4.90 Å². The maximum atomic E-state index is 12.2. The van der Waals surface area contributed by atoms with Gasteiger partial charge in [0, 0.05) is 24.0 Å². The molecule has 0 aliphatic rings. The zero-order valence-electron chi connectivity index (χ0n) is 11.0. The first-order valence-corrected chi connectivity index (χ1v) is 8.00. The standard InChI is InChI=1S/C14H15ClN2O2S/c1-11-9-13(15)4-5-14(11)20(18,19)17-8-6-12-3-2-7-16-10-12/h2-5,7,9-10,17H,6,8H2,1H3. The van der Waals surface area contributed by atoms with E-state index in [-0.39, 0.29) is 4.90 Å². The highest BCUT2D eigenvalue weighted by atomic mass is 35.5. The molecule has 4 nitrogen and oxygen atoms in total. The number of sulfonamides is 1. The van der Waals surface area contributed by atoms with E-state index in [4.69, 9.17) is 11.6 Å². The molecule has 1 aromatic carbocycles. The Balaban J connectivity index is 2.04. The van der Waals surface area contributed by atoms with Gasteiger partial charge in [0.2, 0.25) is 10.0 Å². The molecule has 0 saturated heterocycles. The summed E-state index contributed by atoms with van der Waals surface area (Å²) in [5, 5.41) is 0.525. The fourth-order valence-electron chi connectivity index (χ4n) is 1.87. The summed E-state index contributed by atoms with van der Waals surface area (Å²) >= 11 is 5.83. The van der Waals surface area contributed by atoms with E-state index in [1.165, 1.54) is 6.07 Å². The third kappa shape index (κ3) is 3.79. The number of nitrogens with one attached hydrogen (secondary N) is 1. The number of hydrogen-bond donors (Lipinski definition) is 1. The summed E-state index contributed by atoms with van der Waals surface area (Å²) in [4.78, 5) is 4.25. The van der Waals surface area contributed by atoms with Crippen LogP contribution in [0, 0.1) is 6.92 Å². The summed E-state index contributed by atoms with van der Waals surface area (Å²) in [5.74, 6) is 0. The first-order chi connectivity index (χ1) is 9.49. The number of aryl methyl sites for hydroxylation is 1. The van der Waals surface area contributed by atoms with Crippen molar-refractivity contribution in [2.45, 2.75) is 18.2 Å². The Hall–Kier alpha value is -1.43. The third-order valence-corrected chi connectivity index (χ3v) is 4.71. The minimum atomic E-state index is -3.51. The Kier molecular flexibility index (Phi) is 4.75. The van der Waals surface area contributed by atoms with Crippen molar-refractivity contribution in [2.75, 3.05) is 6.54 Å². The van der Waals surface area contributed by atoms with Gasteiger partial charge in [-0.2, -0.15) is 0 Å². The molecule has 1 N–H and O–H groups in total. The van der Waals surface area contributed by atoms with Crippen molar-refractivity contribution in [3.8, 4) is 0 Å².